The molecule has 1 aromatic heterocycles. The van der Waals surface area contributed by atoms with E-state index in [4.69, 9.17) is 27.5 Å². The summed E-state index contributed by atoms with van der Waals surface area (Å²) in [5.74, 6) is 2.53. The zero-order valence-electron chi connectivity index (χ0n) is 14.5. The van der Waals surface area contributed by atoms with Crippen LogP contribution in [0.25, 0.3) is 10.2 Å². The molecule has 1 amide bonds. The van der Waals surface area contributed by atoms with Crippen molar-refractivity contribution in [1.82, 2.24) is 4.57 Å². The Kier molecular flexibility index (Phi) is 5.49. The molecule has 0 aliphatic heterocycles. The summed E-state index contributed by atoms with van der Waals surface area (Å²) >= 11 is 7.23. The number of aromatic nitrogens is 1. The molecule has 0 bridgehead atoms. The van der Waals surface area contributed by atoms with Gasteiger partial charge in [0, 0.05) is 12.1 Å². The zero-order chi connectivity index (χ0) is 19.6. The lowest BCUT2D eigenvalue weighted by Gasteiger charge is -2.08. The summed E-state index contributed by atoms with van der Waals surface area (Å²) in [6.07, 6.45) is 5.48. The van der Waals surface area contributed by atoms with Gasteiger partial charge in [0.2, 0.25) is 0 Å². The van der Waals surface area contributed by atoms with Crippen LogP contribution in [-0.2, 0) is 6.54 Å². The summed E-state index contributed by atoms with van der Waals surface area (Å²) in [6.45, 7) is 0.207. The van der Waals surface area contributed by atoms with E-state index in [-0.39, 0.29) is 17.1 Å². The molecule has 138 valence electrons. The van der Waals surface area contributed by atoms with Gasteiger partial charge in [-0.15, -0.1) is 6.42 Å². The quantitative estimate of drug-likeness (QED) is 0.620. The molecule has 27 heavy (non-hydrogen) atoms. The minimum atomic E-state index is -0.587. The number of ether oxygens (including phenoxy) is 2. The molecule has 2 aromatic carbocycles. The summed E-state index contributed by atoms with van der Waals surface area (Å²) < 4.78 is 26.4. The number of fused-ring (bicyclic) bond motifs is 1. The summed E-state index contributed by atoms with van der Waals surface area (Å²) in [4.78, 5) is 17.1. The number of nitrogens with zero attached hydrogens (tertiary/aromatic N) is 2. The van der Waals surface area contributed by atoms with E-state index in [1.165, 1.54) is 31.6 Å². The first-order chi connectivity index (χ1) is 13.0. The Labute approximate surface area is 163 Å². The van der Waals surface area contributed by atoms with Gasteiger partial charge in [0.25, 0.3) is 5.91 Å². The van der Waals surface area contributed by atoms with Crippen molar-refractivity contribution in [3.05, 3.63) is 51.5 Å². The van der Waals surface area contributed by atoms with Gasteiger partial charge in [-0.3, -0.25) is 4.79 Å². The Balaban J connectivity index is 2.20. The number of rotatable bonds is 4. The van der Waals surface area contributed by atoms with Crippen LogP contribution in [0.4, 0.5) is 4.39 Å². The molecule has 1 heterocycles. The Morgan fingerprint density at radius 3 is 2.63 bits per heavy atom. The highest BCUT2D eigenvalue weighted by Crippen LogP contribution is 2.33. The van der Waals surface area contributed by atoms with Crippen molar-refractivity contribution in [1.29, 1.82) is 0 Å². The second kappa shape index (κ2) is 7.82. The van der Waals surface area contributed by atoms with Gasteiger partial charge in [0.1, 0.15) is 5.82 Å². The van der Waals surface area contributed by atoms with Gasteiger partial charge in [-0.1, -0.05) is 28.9 Å². The van der Waals surface area contributed by atoms with Crippen molar-refractivity contribution in [3.8, 4) is 23.8 Å². The molecule has 3 aromatic rings. The third kappa shape index (κ3) is 3.68. The summed E-state index contributed by atoms with van der Waals surface area (Å²) in [6, 6.07) is 7.09. The topological polar surface area (TPSA) is 52.8 Å². The third-order valence-electron chi connectivity index (χ3n) is 3.80. The molecule has 0 aliphatic carbocycles. The first-order valence-electron chi connectivity index (χ1n) is 7.71. The molecule has 0 fully saturated rings. The Morgan fingerprint density at radius 2 is 2.00 bits per heavy atom. The molecule has 0 atom stereocenters. The predicted octanol–water partition coefficient (Wildman–Crippen LogP) is 3.89. The molecular weight excluding hydrogens is 391 g/mol. The summed E-state index contributed by atoms with van der Waals surface area (Å²) in [5.41, 5.74) is 0.866. The van der Waals surface area contributed by atoms with Gasteiger partial charge >= 0.3 is 0 Å². The summed E-state index contributed by atoms with van der Waals surface area (Å²) in [5, 5.41) is -0.00306. The van der Waals surface area contributed by atoms with Crippen molar-refractivity contribution in [2.24, 2.45) is 4.99 Å². The van der Waals surface area contributed by atoms with Crippen molar-refractivity contribution in [2.45, 2.75) is 6.54 Å². The maximum absolute atomic E-state index is 13.2. The van der Waals surface area contributed by atoms with Crippen LogP contribution in [0.15, 0.2) is 35.3 Å². The lowest BCUT2D eigenvalue weighted by atomic mass is 10.2. The SMILES string of the molecule is C#CCn1c(=NC(=O)c2ccc(F)cc2Cl)sc2cc(OC)c(OC)cc21. The van der Waals surface area contributed by atoms with E-state index in [9.17, 15) is 9.18 Å². The molecule has 0 aliphatic rings. The largest absolute Gasteiger partial charge is 0.493 e. The van der Waals surface area contributed by atoms with E-state index in [1.807, 2.05) is 0 Å². The maximum Gasteiger partial charge on any atom is 0.281 e. The standard InChI is InChI=1S/C19H14ClFN2O3S/c1-4-7-23-14-9-15(25-2)16(26-3)10-17(14)27-19(23)22-18(24)12-6-5-11(21)8-13(12)20/h1,5-6,8-10H,7H2,2-3H3. The number of carbonyl (C=O) groups is 1. The Hall–Kier alpha value is -2.82. The van der Waals surface area contributed by atoms with Gasteiger partial charge in [0.05, 0.1) is 41.6 Å². The van der Waals surface area contributed by atoms with Gasteiger partial charge in [-0.05, 0) is 18.2 Å². The van der Waals surface area contributed by atoms with Crippen molar-refractivity contribution < 1.29 is 18.7 Å². The maximum atomic E-state index is 13.2. The van der Waals surface area contributed by atoms with E-state index in [2.05, 4.69) is 10.9 Å². The van der Waals surface area contributed by atoms with Crippen LogP contribution in [0.1, 0.15) is 10.4 Å². The fourth-order valence-corrected chi connectivity index (χ4v) is 3.82. The lowest BCUT2D eigenvalue weighted by molar-refractivity contribution is 0.0998. The third-order valence-corrected chi connectivity index (χ3v) is 5.15. The monoisotopic (exact) mass is 404 g/mol. The number of terminal acetylenes is 1. The highest BCUT2D eigenvalue weighted by atomic mass is 35.5. The van der Waals surface area contributed by atoms with Gasteiger partial charge in [0.15, 0.2) is 16.3 Å². The van der Waals surface area contributed by atoms with Crippen LogP contribution < -0.4 is 14.3 Å². The number of carbonyl (C=O) groups excluding carboxylic acids is 1. The fourth-order valence-electron chi connectivity index (χ4n) is 2.54. The van der Waals surface area contributed by atoms with Gasteiger partial charge in [-0.2, -0.15) is 4.99 Å². The van der Waals surface area contributed by atoms with E-state index in [0.717, 1.165) is 22.3 Å². The molecule has 0 saturated heterocycles. The number of hydrogen-bond acceptors (Lipinski definition) is 4. The van der Waals surface area contributed by atoms with Gasteiger partial charge < -0.3 is 14.0 Å². The smallest absolute Gasteiger partial charge is 0.281 e. The second-order valence-electron chi connectivity index (χ2n) is 5.39. The molecule has 0 radical (unpaired) electrons. The second-order valence-corrected chi connectivity index (χ2v) is 6.81. The van der Waals surface area contributed by atoms with E-state index in [0.29, 0.717) is 16.3 Å². The molecule has 0 spiro atoms. The highest BCUT2D eigenvalue weighted by Gasteiger charge is 2.15. The minimum absolute atomic E-state index is 0.00306. The molecule has 3 rings (SSSR count). The van der Waals surface area contributed by atoms with E-state index >= 15 is 0 Å². The number of hydrogen-bond donors (Lipinski definition) is 0. The van der Waals surface area contributed by atoms with E-state index in [1.54, 1.807) is 16.7 Å². The average Bonchev–Trinajstić information content (AvgIpc) is 2.96. The first kappa shape index (κ1) is 19.0. The van der Waals surface area contributed by atoms with Crippen LogP contribution >= 0.6 is 22.9 Å². The van der Waals surface area contributed by atoms with E-state index < -0.39 is 11.7 Å². The number of methoxy groups -OCH3 is 2. The predicted molar refractivity (Wildman–Crippen MR) is 103 cm³/mol. The van der Waals surface area contributed by atoms with Crippen LogP contribution in [0, 0.1) is 18.2 Å². The summed E-state index contributed by atoms with van der Waals surface area (Å²) in [7, 11) is 3.07. The first-order valence-corrected chi connectivity index (χ1v) is 8.91. The molecule has 8 heteroatoms. The number of amides is 1. The molecule has 0 saturated carbocycles. The molecule has 0 unspecified atom stereocenters. The van der Waals surface area contributed by atoms with Crippen LogP contribution in [-0.4, -0.2) is 24.7 Å². The Morgan fingerprint density at radius 1 is 1.30 bits per heavy atom. The van der Waals surface area contributed by atoms with Gasteiger partial charge in [-0.25, -0.2) is 4.39 Å². The van der Waals surface area contributed by atoms with Crippen molar-refractivity contribution in [2.75, 3.05) is 14.2 Å². The number of benzene rings is 2. The van der Waals surface area contributed by atoms with Crippen LogP contribution in [0.2, 0.25) is 5.02 Å². The molecular formula is C19H14ClFN2O3S. The number of thiazole rings is 1. The normalized spacial score (nSPS) is 11.4. The fraction of sp³-hybridized carbons (Fsp3) is 0.158. The average molecular weight is 405 g/mol. The van der Waals surface area contributed by atoms with Crippen LogP contribution in [0.3, 0.4) is 0 Å². The number of halogens is 2. The lowest BCUT2D eigenvalue weighted by Crippen LogP contribution is -2.16. The van der Waals surface area contributed by atoms with Crippen molar-refractivity contribution >= 4 is 39.1 Å². The molecule has 5 nitrogen and oxygen atoms in total. The minimum Gasteiger partial charge on any atom is -0.493 e. The zero-order valence-corrected chi connectivity index (χ0v) is 16.0. The highest BCUT2D eigenvalue weighted by molar-refractivity contribution is 7.16. The van der Waals surface area contributed by atoms with Crippen LogP contribution in [0.5, 0.6) is 11.5 Å². The molecule has 0 N–H and O–H groups in total. The van der Waals surface area contributed by atoms with Crippen molar-refractivity contribution in [3.63, 3.8) is 0 Å². The Bertz CT molecular complexity index is 1140.